The molecule has 0 spiro atoms. The molecule has 1 N–H and O–H groups in total. The molecule has 1 aromatic carbocycles. The number of nitrogens with one attached hydrogen (secondary N) is 1. The number of carbonyl (C=O) groups excluding carboxylic acids is 1. The Labute approximate surface area is 140 Å². The number of hydrogen-bond donors (Lipinski definition) is 1. The highest BCUT2D eigenvalue weighted by atomic mass is 32.2. The summed E-state index contributed by atoms with van der Waals surface area (Å²) in [7, 11) is 0. The monoisotopic (exact) mass is 355 g/mol. The molecule has 2 aromatic rings. The molecule has 116 valence electrons. The van der Waals surface area contributed by atoms with Crippen LogP contribution in [0.4, 0.5) is 5.69 Å². The number of aromatic nitrogens is 2. The van der Waals surface area contributed by atoms with E-state index in [1.54, 1.807) is 30.0 Å². The Hall–Kier alpha value is -1.45. The normalized spacial score (nSPS) is 13.0. The van der Waals surface area contributed by atoms with Gasteiger partial charge in [-0.1, -0.05) is 34.9 Å². The van der Waals surface area contributed by atoms with Crippen molar-refractivity contribution in [1.82, 2.24) is 10.2 Å². The van der Waals surface area contributed by atoms with Crippen molar-refractivity contribution >= 4 is 46.5 Å². The van der Waals surface area contributed by atoms with Crippen LogP contribution in [0.15, 0.2) is 26.9 Å². The molecule has 1 aliphatic heterocycles. The van der Waals surface area contributed by atoms with E-state index in [0.29, 0.717) is 30.4 Å². The molecular formula is C13H13N3O3S3. The van der Waals surface area contributed by atoms with Crippen LogP contribution in [-0.2, 0) is 4.79 Å². The molecule has 22 heavy (non-hydrogen) atoms. The molecule has 1 aromatic heterocycles. The van der Waals surface area contributed by atoms with Crippen molar-refractivity contribution < 1.29 is 14.3 Å². The third-order valence-corrected chi connectivity index (χ3v) is 5.75. The fourth-order valence-electron chi connectivity index (χ4n) is 1.78. The second-order valence-corrected chi connectivity index (χ2v) is 7.49. The molecule has 6 nitrogen and oxygen atoms in total. The van der Waals surface area contributed by atoms with Crippen LogP contribution in [0.5, 0.6) is 11.5 Å². The van der Waals surface area contributed by atoms with Gasteiger partial charge in [-0.25, -0.2) is 0 Å². The van der Waals surface area contributed by atoms with Gasteiger partial charge in [0, 0.05) is 11.8 Å². The van der Waals surface area contributed by atoms with E-state index >= 15 is 0 Å². The lowest BCUT2D eigenvalue weighted by atomic mass is 10.2. The van der Waals surface area contributed by atoms with E-state index in [9.17, 15) is 4.79 Å². The van der Waals surface area contributed by atoms with E-state index in [1.165, 1.54) is 23.1 Å². The first-order valence-electron chi connectivity index (χ1n) is 6.44. The number of hydrogen-bond acceptors (Lipinski definition) is 8. The molecule has 0 saturated carbocycles. The SMILES string of the molecule is CSc1nnc(SCC(=O)Nc2ccc3c(c2)OCCO3)s1. The Morgan fingerprint density at radius 2 is 2.05 bits per heavy atom. The zero-order chi connectivity index (χ0) is 15.4. The van der Waals surface area contributed by atoms with Gasteiger partial charge in [0.05, 0.1) is 5.75 Å². The minimum absolute atomic E-state index is 0.0948. The Morgan fingerprint density at radius 1 is 1.27 bits per heavy atom. The van der Waals surface area contributed by atoms with Crippen LogP contribution in [-0.4, -0.2) is 41.3 Å². The van der Waals surface area contributed by atoms with E-state index in [1.807, 2.05) is 6.26 Å². The van der Waals surface area contributed by atoms with Crippen molar-refractivity contribution in [3.8, 4) is 11.5 Å². The molecule has 0 unspecified atom stereocenters. The van der Waals surface area contributed by atoms with Gasteiger partial charge in [-0.15, -0.1) is 10.2 Å². The molecule has 0 atom stereocenters. The number of anilines is 1. The third-order valence-electron chi connectivity index (χ3n) is 2.72. The largest absolute Gasteiger partial charge is 0.486 e. The van der Waals surface area contributed by atoms with E-state index in [-0.39, 0.29) is 11.7 Å². The second-order valence-electron chi connectivity index (χ2n) is 4.23. The quantitative estimate of drug-likeness (QED) is 0.827. The third kappa shape index (κ3) is 3.84. The van der Waals surface area contributed by atoms with Crippen LogP contribution in [0.25, 0.3) is 0 Å². The summed E-state index contributed by atoms with van der Waals surface area (Å²) >= 11 is 4.41. The van der Waals surface area contributed by atoms with Gasteiger partial charge in [0.25, 0.3) is 0 Å². The van der Waals surface area contributed by atoms with Crippen molar-refractivity contribution in [2.24, 2.45) is 0 Å². The van der Waals surface area contributed by atoms with Gasteiger partial charge in [0.2, 0.25) is 5.91 Å². The standard InChI is InChI=1S/C13H13N3O3S3/c1-20-12-15-16-13(22-12)21-7-11(17)14-8-2-3-9-10(6-8)19-5-4-18-9/h2-3,6H,4-5,7H2,1H3,(H,14,17). The Kier molecular flexibility index (Phi) is 5.06. The lowest BCUT2D eigenvalue weighted by molar-refractivity contribution is -0.113. The van der Waals surface area contributed by atoms with Crippen LogP contribution in [0.2, 0.25) is 0 Å². The van der Waals surface area contributed by atoms with Gasteiger partial charge in [-0.2, -0.15) is 0 Å². The summed E-state index contributed by atoms with van der Waals surface area (Å²) in [5.74, 6) is 1.56. The second kappa shape index (κ2) is 7.21. The minimum atomic E-state index is -0.0948. The number of fused-ring (bicyclic) bond motifs is 1. The van der Waals surface area contributed by atoms with Gasteiger partial charge >= 0.3 is 0 Å². The fraction of sp³-hybridized carbons (Fsp3) is 0.308. The average Bonchev–Trinajstić information content (AvgIpc) is 3.01. The van der Waals surface area contributed by atoms with Gasteiger partial charge in [0.1, 0.15) is 13.2 Å². The molecule has 9 heteroatoms. The number of rotatable bonds is 5. The van der Waals surface area contributed by atoms with Crippen molar-refractivity contribution in [2.75, 3.05) is 30.5 Å². The van der Waals surface area contributed by atoms with Crippen molar-refractivity contribution in [3.63, 3.8) is 0 Å². The zero-order valence-corrected chi connectivity index (χ0v) is 14.1. The summed E-state index contributed by atoms with van der Waals surface area (Å²) in [6.07, 6.45) is 1.95. The van der Waals surface area contributed by atoms with Crippen LogP contribution < -0.4 is 14.8 Å². The molecule has 0 aliphatic carbocycles. The smallest absolute Gasteiger partial charge is 0.234 e. The molecule has 1 amide bonds. The van der Waals surface area contributed by atoms with Crippen LogP contribution in [0.1, 0.15) is 0 Å². The summed E-state index contributed by atoms with van der Waals surface area (Å²) in [6.45, 7) is 1.07. The van der Waals surface area contributed by atoms with Crippen LogP contribution in [0.3, 0.4) is 0 Å². The molecule has 0 radical (unpaired) electrons. The molecule has 0 bridgehead atoms. The fourth-order valence-corrected chi connectivity index (χ4v) is 4.02. The van der Waals surface area contributed by atoms with Crippen LogP contribution in [0, 0.1) is 0 Å². The highest BCUT2D eigenvalue weighted by Crippen LogP contribution is 2.33. The molecule has 3 rings (SSSR count). The Morgan fingerprint density at radius 3 is 2.82 bits per heavy atom. The Balaban J connectivity index is 1.55. The van der Waals surface area contributed by atoms with E-state index in [4.69, 9.17) is 9.47 Å². The van der Waals surface area contributed by atoms with Gasteiger partial charge < -0.3 is 14.8 Å². The molecule has 0 saturated heterocycles. The predicted molar refractivity (Wildman–Crippen MR) is 88.5 cm³/mol. The molecule has 1 aliphatic rings. The predicted octanol–water partition coefficient (Wildman–Crippen LogP) is 2.76. The maximum absolute atomic E-state index is 12.0. The Bertz CT molecular complexity index is 678. The average molecular weight is 355 g/mol. The summed E-state index contributed by atoms with van der Waals surface area (Å²) in [5.41, 5.74) is 0.692. The zero-order valence-electron chi connectivity index (χ0n) is 11.7. The maximum Gasteiger partial charge on any atom is 0.234 e. The highest BCUT2D eigenvalue weighted by Gasteiger charge is 2.13. The van der Waals surface area contributed by atoms with Crippen LogP contribution >= 0.6 is 34.9 Å². The number of ether oxygens (including phenoxy) is 2. The molecule has 2 heterocycles. The topological polar surface area (TPSA) is 73.3 Å². The highest BCUT2D eigenvalue weighted by molar-refractivity contribution is 8.03. The first-order chi connectivity index (χ1) is 10.7. The molecular weight excluding hydrogens is 342 g/mol. The number of benzene rings is 1. The maximum atomic E-state index is 12.0. The van der Waals surface area contributed by atoms with Gasteiger partial charge in [-0.3, -0.25) is 4.79 Å². The summed E-state index contributed by atoms with van der Waals surface area (Å²) in [4.78, 5) is 12.0. The first-order valence-corrected chi connectivity index (χ1v) is 9.47. The lowest BCUT2D eigenvalue weighted by Gasteiger charge is -2.18. The van der Waals surface area contributed by atoms with Gasteiger partial charge in [-0.05, 0) is 18.4 Å². The summed E-state index contributed by atoms with van der Waals surface area (Å²) < 4.78 is 12.6. The van der Waals surface area contributed by atoms with E-state index in [0.717, 1.165) is 8.68 Å². The van der Waals surface area contributed by atoms with Gasteiger partial charge in [0.15, 0.2) is 20.2 Å². The summed E-state index contributed by atoms with van der Waals surface area (Å²) in [6, 6.07) is 5.37. The summed E-state index contributed by atoms with van der Waals surface area (Å²) in [5, 5.41) is 10.9. The number of carbonyl (C=O) groups is 1. The minimum Gasteiger partial charge on any atom is -0.486 e. The van der Waals surface area contributed by atoms with Crippen molar-refractivity contribution in [1.29, 1.82) is 0 Å². The first kappa shape index (κ1) is 15.4. The number of thioether (sulfide) groups is 2. The van der Waals surface area contributed by atoms with Crippen molar-refractivity contribution in [3.05, 3.63) is 18.2 Å². The van der Waals surface area contributed by atoms with E-state index < -0.39 is 0 Å². The number of amides is 1. The van der Waals surface area contributed by atoms with Crippen molar-refractivity contribution in [2.45, 2.75) is 8.68 Å². The molecule has 0 fully saturated rings. The number of nitrogens with zero attached hydrogens (tertiary/aromatic N) is 2. The lowest BCUT2D eigenvalue weighted by Crippen LogP contribution is -2.17. The van der Waals surface area contributed by atoms with E-state index in [2.05, 4.69) is 15.5 Å².